The predicted octanol–water partition coefficient (Wildman–Crippen LogP) is -1.20. The highest BCUT2D eigenvalue weighted by molar-refractivity contribution is 7.47. The third-order valence-electron chi connectivity index (χ3n) is 6.27. The number of phosphoric ester groups is 2. The van der Waals surface area contributed by atoms with Crippen LogP contribution in [0.5, 0.6) is 0 Å². The number of hydrogen-bond acceptors (Lipinski definition) is 15. The van der Waals surface area contributed by atoms with Crippen molar-refractivity contribution in [3.8, 4) is 0 Å². The van der Waals surface area contributed by atoms with Gasteiger partial charge in [-0.2, -0.15) is 4.98 Å². The van der Waals surface area contributed by atoms with E-state index >= 15 is 0 Å². The van der Waals surface area contributed by atoms with E-state index in [1.807, 2.05) is 0 Å². The smallest absolute Gasteiger partial charge is 0.388 e. The highest BCUT2D eigenvalue weighted by Crippen LogP contribution is 2.49. The molecule has 2 saturated heterocycles. The van der Waals surface area contributed by atoms with Gasteiger partial charge in [0.25, 0.3) is 0 Å². The van der Waals surface area contributed by atoms with Gasteiger partial charge in [-0.3, -0.25) is 22.7 Å². The molecule has 0 spiro atoms. The van der Waals surface area contributed by atoms with Crippen molar-refractivity contribution in [2.75, 3.05) is 24.7 Å². The van der Waals surface area contributed by atoms with Crippen LogP contribution in [0.25, 0.3) is 11.2 Å². The van der Waals surface area contributed by atoms with E-state index in [0.29, 0.717) is 11.2 Å². The van der Waals surface area contributed by atoms with Gasteiger partial charge in [-0.05, 0) is 6.07 Å². The van der Waals surface area contributed by atoms with Crippen LogP contribution < -0.4 is 17.2 Å². The highest BCUT2D eigenvalue weighted by Gasteiger charge is 2.44. The molecule has 5 rings (SSSR count). The average molecular weight is 620 g/mol. The van der Waals surface area contributed by atoms with Crippen LogP contribution in [0.1, 0.15) is 25.3 Å². The monoisotopic (exact) mass is 620 g/mol. The predicted molar refractivity (Wildman–Crippen MR) is 134 cm³/mol. The fraction of sp³-hybridized carbons (Fsp3) is 0.526. The number of nitrogens with two attached hydrogens (primary N) is 2. The molecule has 0 bridgehead atoms. The Labute approximate surface area is 229 Å². The fourth-order valence-electron chi connectivity index (χ4n) is 4.47. The number of rotatable bonds is 10. The Balaban J connectivity index is 1.24. The van der Waals surface area contributed by atoms with Gasteiger partial charge in [0.05, 0.1) is 25.6 Å². The summed E-state index contributed by atoms with van der Waals surface area (Å²) in [6, 6.07) is 1.32. The van der Waals surface area contributed by atoms with Gasteiger partial charge < -0.3 is 40.7 Å². The molecule has 5 heterocycles. The maximum Gasteiger partial charge on any atom is 0.472 e. The zero-order valence-corrected chi connectivity index (χ0v) is 22.7. The Morgan fingerprint density at radius 2 is 1.83 bits per heavy atom. The summed E-state index contributed by atoms with van der Waals surface area (Å²) in [6.45, 7) is -1.22. The zero-order chi connectivity index (χ0) is 29.5. The van der Waals surface area contributed by atoms with Gasteiger partial charge in [-0.25, -0.2) is 28.9 Å². The van der Waals surface area contributed by atoms with E-state index in [2.05, 4.69) is 24.5 Å². The van der Waals surface area contributed by atoms with Crippen molar-refractivity contribution in [2.24, 2.45) is 0 Å². The lowest BCUT2D eigenvalue weighted by Crippen LogP contribution is -2.29. The van der Waals surface area contributed by atoms with E-state index in [9.17, 15) is 23.9 Å². The number of phosphoric acid groups is 2. The molecule has 7 atom stereocenters. The molecular weight excluding hydrogens is 594 g/mol. The first-order valence-electron chi connectivity index (χ1n) is 11.9. The lowest BCUT2D eigenvalue weighted by Gasteiger charge is -2.22. The van der Waals surface area contributed by atoms with Gasteiger partial charge in [-0.15, -0.1) is 0 Å². The minimum atomic E-state index is -4.94. The van der Waals surface area contributed by atoms with Crippen molar-refractivity contribution < 1.29 is 52.0 Å². The van der Waals surface area contributed by atoms with Crippen molar-refractivity contribution in [1.82, 2.24) is 29.1 Å². The summed E-state index contributed by atoms with van der Waals surface area (Å²) in [5.74, 6) is 0.0893. The summed E-state index contributed by atoms with van der Waals surface area (Å²) in [4.78, 5) is 56.5. The Bertz CT molecular complexity index is 1560. The van der Waals surface area contributed by atoms with Gasteiger partial charge in [0, 0.05) is 19.0 Å². The average Bonchev–Trinajstić information content (AvgIpc) is 3.58. The van der Waals surface area contributed by atoms with Crippen LogP contribution in [0.4, 0.5) is 11.6 Å². The van der Waals surface area contributed by atoms with Gasteiger partial charge in [0.1, 0.15) is 42.2 Å². The first-order chi connectivity index (χ1) is 19.3. The molecule has 2 fully saturated rings. The van der Waals surface area contributed by atoms with Crippen LogP contribution in [-0.4, -0.2) is 86.5 Å². The van der Waals surface area contributed by atoms with Crippen molar-refractivity contribution in [3.63, 3.8) is 0 Å². The second-order valence-corrected chi connectivity index (χ2v) is 11.8. The highest BCUT2D eigenvalue weighted by atomic mass is 31.2. The van der Waals surface area contributed by atoms with Crippen LogP contribution >= 0.6 is 15.6 Å². The van der Waals surface area contributed by atoms with E-state index in [-0.39, 0.29) is 24.5 Å². The van der Waals surface area contributed by atoms with Crippen LogP contribution in [0.3, 0.4) is 0 Å². The Kier molecular flexibility index (Phi) is 8.25. The number of aromatic nitrogens is 6. The number of nitrogens with zero attached hydrogens (tertiary/aromatic N) is 6. The minimum absolute atomic E-state index is 0.0192. The second kappa shape index (κ2) is 11.4. The third-order valence-corrected chi connectivity index (χ3v) is 7.77. The Morgan fingerprint density at radius 1 is 1.05 bits per heavy atom. The van der Waals surface area contributed by atoms with E-state index in [0.717, 1.165) is 4.57 Å². The molecule has 3 aromatic rings. The minimum Gasteiger partial charge on any atom is -0.388 e. The molecule has 0 aliphatic carbocycles. The topological polar surface area (TPSA) is 292 Å². The van der Waals surface area contributed by atoms with Gasteiger partial charge in [0.15, 0.2) is 17.7 Å². The quantitative estimate of drug-likeness (QED) is 0.145. The molecule has 2 aliphatic rings. The first kappa shape index (κ1) is 29.6. The largest absolute Gasteiger partial charge is 0.472 e. The van der Waals surface area contributed by atoms with Crippen molar-refractivity contribution in [3.05, 3.63) is 35.4 Å². The summed E-state index contributed by atoms with van der Waals surface area (Å²) in [7, 11) is -9.79. The molecule has 0 radical (unpaired) electrons. The number of aliphatic hydroxyl groups excluding tert-OH is 1. The van der Waals surface area contributed by atoms with Gasteiger partial charge in [-0.1, -0.05) is 0 Å². The second-order valence-electron chi connectivity index (χ2n) is 9.14. The molecule has 224 valence electrons. The number of anilines is 2. The van der Waals surface area contributed by atoms with Crippen LogP contribution in [0.15, 0.2) is 29.7 Å². The van der Waals surface area contributed by atoms with Crippen molar-refractivity contribution in [1.29, 1.82) is 0 Å². The summed E-state index contributed by atoms with van der Waals surface area (Å²) in [5, 5.41) is 10.6. The Hall–Kier alpha value is -2.87. The molecule has 8 N–H and O–H groups in total. The van der Waals surface area contributed by atoms with Crippen molar-refractivity contribution >= 4 is 38.4 Å². The van der Waals surface area contributed by atoms with Crippen LogP contribution in [0.2, 0.25) is 0 Å². The lowest BCUT2D eigenvalue weighted by molar-refractivity contribution is -0.0562. The van der Waals surface area contributed by atoms with Crippen LogP contribution in [-0.2, 0) is 32.2 Å². The summed E-state index contributed by atoms with van der Waals surface area (Å²) in [5.41, 5.74) is 11.1. The van der Waals surface area contributed by atoms with E-state index < -0.39 is 71.4 Å². The molecule has 0 aromatic carbocycles. The summed E-state index contributed by atoms with van der Waals surface area (Å²) in [6.07, 6.45) is -2.88. The number of fused-ring (bicyclic) bond motifs is 1. The standard InChI is InChI=1S/C19H26N8O12P2/c20-13-1-2-26(19(29)25-13)14-4-11(12(38-14)6-35-40(30,31)32)39-41(33,34)36-5-9-3-10(28)18(37-9)27-8-24-15-16(21)22-7-23-17(15)27/h1-2,7-12,14,18,28H,3-6H2,(H,33,34)(H2,20,25,29)(H2,21,22,23)(H2,30,31,32)/t9-,10-,11+,12-,14-,18?/m1/s1. The molecule has 22 heteroatoms. The maximum atomic E-state index is 12.8. The SMILES string of the molecule is Nc1ccn([C@H]2C[C@H](OP(=O)(O)OC[C@H]3C[C@@H](O)C(n4cnc5c(N)ncnc54)O3)[C@@H](COP(=O)(O)O)O2)c(=O)n1. The van der Waals surface area contributed by atoms with E-state index in [1.54, 1.807) is 0 Å². The lowest BCUT2D eigenvalue weighted by atomic mass is 10.2. The molecule has 2 aliphatic heterocycles. The van der Waals surface area contributed by atoms with Gasteiger partial charge >= 0.3 is 21.3 Å². The number of imidazole rings is 1. The molecular formula is C19H26N8O12P2. The number of aliphatic hydroxyl groups is 1. The fourth-order valence-corrected chi connectivity index (χ4v) is 5.79. The number of hydrogen-bond donors (Lipinski definition) is 6. The Morgan fingerprint density at radius 3 is 2.56 bits per heavy atom. The summed E-state index contributed by atoms with van der Waals surface area (Å²) >= 11 is 0. The van der Waals surface area contributed by atoms with E-state index in [1.165, 1.54) is 29.5 Å². The zero-order valence-electron chi connectivity index (χ0n) is 20.9. The molecule has 0 saturated carbocycles. The first-order valence-corrected chi connectivity index (χ1v) is 14.9. The molecule has 2 unspecified atom stereocenters. The molecule has 41 heavy (non-hydrogen) atoms. The molecule has 20 nitrogen and oxygen atoms in total. The normalized spacial score (nSPS) is 28.3. The van der Waals surface area contributed by atoms with Crippen LogP contribution in [0, 0.1) is 0 Å². The number of ether oxygens (including phenoxy) is 2. The van der Waals surface area contributed by atoms with Crippen molar-refractivity contribution in [2.45, 2.75) is 49.7 Å². The third kappa shape index (κ3) is 6.79. The summed E-state index contributed by atoms with van der Waals surface area (Å²) < 4.78 is 52.8. The molecule has 3 aromatic heterocycles. The maximum absolute atomic E-state index is 12.8. The molecule has 0 amide bonds. The number of nitrogen functional groups attached to an aromatic ring is 2. The van der Waals surface area contributed by atoms with E-state index in [4.69, 9.17) is 39.8 Å². The van der Waals surface area contributed by atoms with Gasteiger partial charge in [0.2, 0.25) is 0 Å².